The van der Waals surface area contributed by atoms with Gasteiger partial charge in [-0.25, -0.2) is 19.8 Å². The van der Waals surface area contributed by atoms with E-state index in [1.165, 1.54) is 12.1 Å². The topological polar surface area (TPSA) is 75.1 Å². The number of aromatic nitrogens is 3. The van der Waals surface area contributed by atoms with Crippen LogP contribution in [0, 0.1) is 0 Å². The number of carbonyl (C=O) groups excluding carboxylic acids is 1. The van der Waals surface area contributed by atoms with Crippen molar-refractivity contribution in [2.24, 2.45) is 0 Å². The van der Waals surface area contributed by atoms with E-state index in [4.69, 9.17) is 0 Å². The molecule has 2 unspecified atom stereocenters. The van der Waals surface area contributed by atoms with Crippen LogP contribution >= 0.6 is 0 Å². The summed E-state index contributed by atoms with van der Waals surface area (Å²) in [6.07, 6.45) is 11.9. The number of hydrogen-bond donors (Lipinski definition) is 2. The van der Waals surface area contributed by atoms with Crippen LogP contribution in [0.3, 0.4) is 0 Å². The SMILES string of the molecule is CC1=CC2NN(C(C)c3ncn4c3CCC4)C=C2C(F)=C1.O=CNc1ccccn1. The van der Waals surface area contributed by atoms with Gasteiger partial charge in [-0.1, -0.05) is 17.7 Å². The second-order valence-electron chi connectivity index (χ2n) is 7.53. The Kier molecular flexibility index (Phi) is 5.76. The van der Waals surface area contributed by atoms with Crippen molar-refractivity contribution >= 4 is 12.2 Å². The predicted molar refractivity (Wildman–Crippen MR) is 113 cm³/mol. The van der Waals surface area contributed by atoms with Crippen LogP contribution in [0.5, 0.6) is 0 Å². The molecule has 0 fully saturated rings. The van der Waals surface area contributed by atoms with Crippen LogP contribution in [0.4, 0.5) is 10.2 Å². The molecule has 0 bridgehead atoms. The van der Waals surface area contributed by atoms with Crippen LogP contribution in [0.2, 0.25) is 0 Å². The highest BCUT2D eigenvalue weighted by Crippen LogP contribution is 2.33. The van der Waals surface area contributed by atoms with Gasteiger partial charge in [0.15, 0.2) is 0 Å². The Morgan fingerprint density at radius 3 is 3.00 bits per heavy atom. The van der Waals surface area contributed by atoms with Crippen molar-refractivity contribution in [3.8, 4) is 0 Å². The van der Waals surface area contributed by atoms with E-state index in [9.17, 15) is 9.18 Å². The number of hydrogen-bond acceptors (Lipinski definition) is 5. The third kappa shape index (κ3) is 4.04. The normalized spacial score (nSPS) is 20.2. The van der Waals surface area contributed by atoms with Gasteiger partial charge in [0.25, 0.3) is 0 Å². The highest BCUT2D eigenvalue weighted by atomic mass is 19.1. The highest BCUT2D eigenvalue weighted by molar-refractivity contribution is 5.68. The van der Waals surface area contributed by atoms with Gasteiger partial charge in [0, 0.05) is 30.2 Å². The van der Waals surface area contributed by atoms with Gasteiger partial charge in [-0.3, -0.25) is 4.79 Å². The van der Waals surface area contributed by atoms with Crippen LogP contribution < -0.4 is 10.7 Å². The molecule has 4 heterocycles. The van der Waals surface area contributed by atoms with Gasteiger partial charge < -0.3 is 14.9 Å². The first kappa shape index (κ1) is 20.0. The van der Waals surface area contributed by atoms with Crippen molar-refractivity contribution in [3.05, 3.63) is 77.4 Å². The van der Waals surface area contributed by atoms with E-state index >= 15 is 0 Å². The zero-order valence-electron chi connectivity index (χ0n) is 17.0. The molecule has 2 N–H and O–H groups in total. The monoisotopic (exact) mass is 408 g/mol. The lowest BCUT2D eigenvalue weighted by atomic mass is 9.99. The standard InChI is InChI=1S/C16H19FN4.C6H6N2O/c1-10-6-13(17)12-8-21(19-14(12)7-10)11(2)16-15-4-3-5-20(15)9-18-16;9-5-8-6-3-1-2-4-7-6/h6-9,11,14,19H,3-5H2,1-2H3;1-5H,(H,7,8,9). The molecule has 0 saturated heterocycles. The maximum absolute atomic E-state index is 14.1. The number of pyridine rings is 1. The maximum atomic E-state index is 14.1. The molecule has 2 aromatic heterocycles. The van der Waals surface area contributed by atoms with E-state index in [2.05, 4.69) is 38.3 Å². The van der Waals surface area contributed by atoms with Crippen LogP contribution in [-0.4, -0.2) is 32.0 Å². The molecule has 0 aromatic carbocycles. The summed E-state index contributed by atoms with van der Waals surface area (Å²) in [5.41, 5.74) is 7.45. The number of hydrazine groups is 1. The minimum atomic E-state index is -0.141. The first-order valence-corrected chi connectivity index (χ1v) is 10.0. The van der Waals surface area contributed by atoms with Crippen molar-refractivity contribution in [1.82, 2.24) is 25.0 Å². The Labute approximate surface area is 175 Å². The molecule has 5 rings (SSSR count). The summed E-state index contributed by atoms with van der Waals surface area (Å²) in [6.45, 7) is 5.10. The van der Waals surface area contributed by atoms with Crippen molar-refractivity contribution in [1.29, 1.82) is 0 Å². The quantitative estimate of drug-likeness (QED) is 0.759. The zero-order valence-corrected chi connectivity index (χ0v) is 17.0. The number of halogens is 1. The molecule has 2 aliphatic heterocycles. The van der Waals surface area contributed by atoms with E-state index in [1.807, 2.05) is 24.5 Å². The fourth-order valence-corrected chi connectivity index (χ4v) is 3.95. The molecule has 7 nitrogen and oxygen atoms in total. The fraction of sp³-hybridized carbons (Fsp3) is 0.318. The lowest BCUT2D eigenvalue weighted by molar-refractivity contribution is -0.105. The minimum absolute atomic E-state index is 0.0619. The Balaban J connectivity index is 0.000000204. The summed E-state index contributed by atoms with van der Waals surface area (Å²) in [4.78, 5) is 18.2. The Morgan fingerprint density at radius 1 is 1.37 bits per heavy atom. The van der Waals surface area contributed by atoms with Gasteiger partial charge in [-0.2, -0.15) is 0 Å². The fourth-order valence-electron chi connectivity index (χ4n) is 3.95. The van der Waals surface area contributed by atoms with Gasteiger partial charge in [0.1, 0.15) is 11.6 Å². The number of anilines is 1. The number of fused-ring (bicyclic) bond motifs is 2. The zero-order chi connectivity index (χ0) is 21.1. The summed E-state index contributed by atoms with van der Waals surface area (Å²) < 4.78 is 16.3. The van der Waals surface area contributed by atoms with Crippen LogP contribution in [0.1, 0.15) is 37.7 Å². The Hall–Kier alpha value is -3.26. The van der Waals surface area contributed by atoms with Crippen molar-refractivity contribution in [3.63, 3.8) is 0 Å². The van der Waals surface area contributed by atoms with Gasteiger partial charge in [-0.05, 0) is 44.9 Å². The first-order valence-electron chi connectivity index (χ1n) is 10.0. The number of amides is 1. The largest absolute Gasteiger partial charge is 0.334 e. The lowest BCUT2D eigenvalue weighted by Crippen LogP contribution is -2.37. The summed E-state index contributed by atoms with van der Waals surface area (Å²) in [7, 11) is 0. The van der Waals surface area contributed by atoms with Gasteiger partial charge >= 0.3 is 0 Å². The average molecular weight is 408 g/mol. The van der Waals surface area contributed by atoms with Crippen molar-refractivity contribution in [2.75, 3.05) is 5.32 Å². The van der Waals surface area contributed by atoms with E-state index in [0.29, 0.717) is 17.8 Å². The van der Waals surface area contributed by atoms with Crippen LogP contribution in [0.25, 0.3) is 0 Å². The maximum Gasteiger partial charge on any atom is 0.212 e. The molecule has 30 heavy (non-hydrogen) atoms. The predicted octanol–water partition coefficient (Wildman–Crippen LogP) is 3.43. The smallest absolute Gasteiger partial charge is 0.212 e. The van der Waals surface area contributed by atoms with E-state index < -0.39 is 0 Å². The molecule has 0 spiro atoms. The summed E-state index contributed by atoms with van der Waals surface area (Å²) in [5, 5.41) is 4.41. The molecule has 1 amide bonds. The second kappa shape index (κ2) is 8.62. The van der Waals surface area contributed by atoms with Gasteiger partial charge in [0.2, 0.25) is 6.41 Å². The summed E-state index contributed by atoms with van der Waals surface area (Å²) >= 11 is 0. The third-order valence-electron chi connectivity index (χ3n) is 5.44. The Morgan fingerprint density at radius 2 is 2.23 bits per heavy atom. The van der Waals surface area contributed by atoms with Gasteiger partial charge in [-0.15, -0.1) is 0 Å². The highest BCUT2D eigenvalue weighted by Gasteiger charge is 2.32. The molecule has 0 radical (unpaired) electrons. The molecular formula is C22H25FN6O. The van der Waals surface area contributed by atoms with Crippen molar-refractivity contribution in [2.45, 2.75) is 45.3 Å². The number of rotatable bonds is 4. The number of aryl methyl sites for hydroxylation is 1. The van der Waals surface area contributed by atoms with Gasteiger partial charge in [0.05, 0.1) is 24.1 Å². The summed E-state index contributed by atoms with van der Waals surface area (Å²) in [6, 6.07) is 5.34. The molecule has 8 heteroatoms. The third-order valence-corrected chi connectivity index (χ3v) is 5.44. The molecule has 156 valence electrons. The lowest BCUT2D eigenvalue weighted by Gasteiger charge is -2.25. The molecule has 2 atom stereocenters. The second-order valence-corrected chi connectivity index (χ2v) is 7.53. The Bertz CT molecular complexity index is 1010. The number of carbonyl (C=O) groups is 1. The molecule has 0 saturated carbocycles. The number of nitrogens with one attached hydrogen (secondary N) is 2. The van der Waals surface area contributed by atoms with E-state index in [-0.39, 0.29) is 17.9 Å². The molecule has 1 aliphatic carbocycles. The number of imidazole rings is 1. The average Bonchev–Trinajstić information content (AvgIpc) is 3.44. The number of nitrogens with zero attached hydrogens (tertiary/aromatic N) is 4. The van der Waals surface area contributed by atoms with Crippen molar-refractivity contribution < 1.29 is 9.18 Å². The van der Waals surface area contributed by atoms with E-state index in [1.54, 1.807) is 30.5 Å². The molecule has 3 aliphatic rings. The minimum Gasteiger partial charge on any atom is -0.334 e. The number of allylic oxidation sites excluding steroid dienone is 2. The van der Waals surface area contributed by atoms with Crippen LogP contribution in [0.15, 0.2) is 66.0 Å². The first-order chi connectivity index (χ1) is 14.6. The summed E-state index contributed by atoms with van der Waals surface area (Å²) in [5.74, 6) is 0.435. The van der Waals surface area contributed by atoms with E-state index in [0.717, 1.165) is 24.2 Å². The molecule has 2 aromatic rings. The molecular weight excluding hydrogens is 383 g/mol. The van der Waals surface area contributed by atoms with Crippen LogP contribution in [-0.2, 0) is 17.8 Å².